The fourth-order valence-electron chi connectivity index (χ4n) is 1.65. The molecule has 0 bridgehead atoms. The van der Waals surface area contributed by atoms with Crippen LogP contribution in [-0.2, 0) is 7.05 Å². The van der Waals surface area contributed by atoms with Gasteiger partial charge in [0.1, 0.15) is 17.6 Å². The summed E-state index contributed by atoms with van der Waals surface area (Å²) in [6, 6.07) is 4.10. The first-order valence-electron chi connectivity index (χ1n) is 6.02. The van der Waals surface area contributed by atoms with Gasteiger partial charge >= 0.3 is 5.69 Å². The van der Waals surface area contributed by atoms with Gasteiger partial charge in [-0.1, -0.05) is 0 Å². The van der Waals surface area contributed by atoms with Gasteiger partial charge in [-0.15, -0.1) is 0 Å². The first-order chi connectivity index (χ1) is 9.40. The summed E-state index contributed by atoms with van der Waals surface area (Å²) >= 11 is 0. The number of hydrogen-bond donors (Lipinski definition) is 0. The third-order valence-corrected chi connectivity index (χ3v) is 2.60. The van der Waals surface area contributed by atoms with E-state index in [4.69, 9.17) is 4.74 Å². The van der Waals surface area contributed by atoms with Crippen LogP contribution in [-0.4, -0.2) is 20.5 Å². The molecule has 0 spiro atoms. The third kappa shape index (κ3) is 2.61. The molecule has 0 unspecified atom stereocenters. The van der Waals surface area contributed by atoms with Gasteiger partial charge in [0.05, 0.1) is 6.10 Å². The minimum atomic E-state index is -0.714. The number of nitrogens with zero attached hydrogens (tertiary/aromatic N) is 3. The molecule has 6 nitrogen and oxygen atoms in total. The predicted octanol–water partition coefficient (Wildman–Crippen LogP) is 0.858. The Kier molecular flexibility index (Phi) is 3.69. The van der Waals surface area contributed by atoms with Gasteiger partial charge in [-0.2, -0.15) is 9.78 Å². The second-order valence-corrected chi connectivity index (χ2v) is 4.52. The van der Waals surface area contributed by atoms with Gasteiger partial charge in [-0.05, 0) is 26.0 Å². The summed E-state index contributed by atoms with van der Waals surface area (Å²) in [6.07, 6.45) is 0.873. The molecule has 2 aromatic rings. The van der Waals surface area contributed by atoms with Crippen LogP contribution in [0.5, 0.6) is 5.75 Å². The lowest BCUT2D eigenvalue weighted by atomic mass is 10.3. The quantitative estimate of drug-likeness (QED) is 0.835. The molecule has 2 rings (SSSR count). The molecule has 1 aromatic carbocycles. The van der Waals surface area contributed by atoms with E-state index in [0.717, 1.165) is 15.4 Å². The summed E-state index contributed by atoms with van der Waals surface area (Å²) < 4.78 is 21.1. The second kappa shape index (κ2) is 5.28. The Balaban J connectivity index is 2.52. The minimum Gasteiger partial charge on any atom is -0.491 e. The first kappa shape index (κ1) is 14.0. The van der Waals surface area contributed by atoms with Crippen molar-refractivity contribution in [2.75, 3.05) is 0 Å². The van der Waals surface area contributed by atoms with Crippen molar-refractivity contribution in [2.24, 2.45) is 7.05 Å². The Bertz CT molecular complexity index is 749. The maximum atomic E-state index is 14.0. The summed E-state index contributed by atoms with van der Waals surface area (Å²) in [5.74, 6) is -0.296. The number of ether oxygens (including phenoxy) is 1. The molecular formula is C13H14FN3O3. The third-order valence-electron chi connectivity index (χ3n) is 2.60. The second-order valence-electron chi connectivity index (χ2n) is 4.52. The molecule has 0 aliphatic carbocycles. The van der Waals surface area contributed by atoms with E-state index in [9.17, 15) is 14.0 Å². The SMILES string of the molecule is CC(C)Oc1ccc(-n2ncc(=O)n(C)c2=O)c(F)c1. The zero-order valence-electron chi connectivity index (χ0n) is 11.3. The first-order valence-corrected chi connectivity index (χ1v) is 6.02. The molecule has 7 heteroatoms. The van der Waals surface area contributed by atoms with Crippen LogP contribution in [0.3, 0.4) is 0 Å². The largest absolute Gasteiger partial charge is 0.491 e. The van der Waals surface area contributed by atoms with Crippen LogP contribution >= 0.6 is 0 Å². The van der Waals surface area contributed by atoms with Crippen LogP contribution in [0.4, 0.5) is 4.39 Å². The van der Waals surface area contributed by atoms with Crippen LogP contribution in [0.1, 0.15) is 13.8 Å². The smallest absolute Gasteiger partial charge is 0.352 e. The number of halogens is 1. The van der Waals surface area contributed by atoms with Gasteiger partial charge in [0.2, 0.25) is 0 Å². The van der Waals surface area contributed by atoms with E-state index in [1.165, 1.54) is 25.2 Å². The summed E-state index contributed by atoms with van der Waals surface area (Å²) in [6.45, 7) is 3.65. The van der Waals surface area contributed by atoms with Gasteiger partial charge in [-0.25, -0.2) is 9.18 Å². The maximum Gasteiger partial charge on any atom is 0.352 e. The van der Waals surface area contributed by atoms with Crippen LogP contribution < -0.4 is 16.0 Å². The highest BCUT2D eigenvalue weighted by Crippen LogP contribution is 2.19. The van der Waals surface area contributed by atoms with Crippen molar-refractivity contribution in [1.29, 1.82) is 0 Å². The highest BCUT2D eigenvalue weighted by atomic mass is 19.1. The van der Waals surface area contributed by atoms with E-state index in [1.807, 2.05) is 13.8 Å². The zero-order valence-corrected chi connectivity index (χ0v) is 11.3. The van der Waals surface area contributed by atoms with Gasteiger partial charge in [0.15, 0.2) is 5.82 Å². The molecule has 0 atom stereocenters. The normalized spacial score (nSPS) is 10.8. The van der Waals surface area contributed by atoms with Crippen molar-refractivity contribution in [3.8, 4) is 11.4 Å². The predicted molar refractivity (Wildman–Crippen MR) is 70.8 cm³/mol. The molecule has 0 saturated carbocycles. The number of benzene rings is 1. The van der Waals surface area contributed by atoms with Gasteiger partial charge < -0.3 is 4.74 Å². The topological polar surface area (TPSA) is 66.1 Å². The number of aromatic nitrogens is 3. The average molecular weight is 279 g/mol. The Morgan fingerprint density at radius 1 is 1.30 bits per heavy atom. The molecule has 106 valence electrons. The van der Waals surface area contributed by atoms with E-state index in [1.54, 1.807) is 0 Å². The van der Waals surface area contributed by atoms with E-state index >= 15 is 0 Å². The molecule has 0 radical (unpaired) electrons. The molecule has 0 amide bonds. The van der Waals surface area contributed by atoms with Crippen molar-refractivity contribution >= 4 is 0 Å². The number of rotatable bonds is 3. The van der Waals surface area contributed by atoms with Gasteiger partial charge in [0.25, 0.3) is 5.56 Å². The molecule has 20 heavy (non-hydrogen) atoms. The lowest BCUT2D eigenvalue weighted by Crippen LogP contribution is -2.38. The van der Waals surface area contributed by atoms with Crippen LogP contribution in [0.2, 0.25) is 0 Å². The molecule has 1 heterocycles. The molecule has 0 saturated heterocycles. The molecule has 0 aliphatic heterocycles. The standard InChI is InChI=1S/C13H14FN3O3/c1-8(2)20-9-4-5-11(10(14)6-9)17-13(19)16(3)12(18)7-15-17/h4-8H,1-3H3. The average Bonchev–Trinajstić information content (AvgIpc) is 2.37. The lowest BCUT2D eigenvalue weighted by Gasteiger charge is -2.11. The molecular weight excluding hydrogens is 265 g/mol. The van der Waals surface area contributed by atoms with E-state index in [-0.39, 0.29) is 11.8 Å². The van der Waals surface area contributed by atoms with Crippen LogP contribution in [0, 0.1) is 5.82 Å². The fourth-order valence-corrected chi connectivity index (χ4v) is 1.65. The number of hydrogen-bond acceptors (Lipinski definition) is 4. The van der Waals surface area contributed by atoms with Crippen molar-refractivity contribution in [3.63, 3.8) is 0 Å². The Morgan fingerprint density at radius 3 is 2.60 bits per heavy atom. The fraction of sp³-hybridized carbons (Fsp3) is 0.308. The molecule has 0 aliphatic rings. The van der Waals surface area contributed by atoms with Crippen molar-refractivity contribution in [2.45, 2.75) is 20.0 Å². The summed E-state index contributed by atoms with van der Waals surface area (Å²) in [5.41, 5.74) is -1.30. The summed E-state index contributed by atoms with van der Waals surface area (Å²) in [5, 5.41) is 3.65. The summed E-state index contributed by atoms with van der Waals surface area (Å²) in [7, 11) is 1.30. The monoisotopic (exact) mass is 279 g/mol. The van der Waals surface area contributed by atoms with Gasteiger partial charge in [0, 0.05) is 13.1 Å². The highest BCUT2D eigenvalue weighted by molar-refractivity contribution is 5.38. The minimum absolute atomic E-state index is 0.0401. The Morgan fingerprint density at radius 2 is 2.00 bits per heavy atom. The van der Waals surface area contributed by atoms with Crippen molar-refractivity contribution in [1.82, 2.24) is 14.3 Å². The summed E-state index contributed by atoms with van der Waals surface area (Å²) in [4.78, 5) is 23.1. The van der Waals surface area contributed by atoms with E-state index in [2.05, 4.69) is 5.10 Å². The van der Waals surface area contributed by atoms with E-state index < -0.39 is 17.1 Å². The van der Waals surface area contributed by atoms with Crippen LogP contribution in [0.15, 0.2) is 34.0 Å². The highest BCUT2D eigenvalue weighted by Gasteiger charge is 2.11. The van der Waals surface area contributed by atoms with Crippen LogP contribution in [0.25, 0.3) is 5.69 Å². The van der Waals surface area contributed by atoms with Gasteiger partial charge in [-0.3, -0.25) is 9.36 Å². The van der Waals surface area contributed by atoms with Crippen molar-refractivity contribution < 1.29 is 9.13 Å². The van der Waals surface area contributed by atoms with E-state index in [0.29, 0.717) is 5.75 Å². The lowest BCUT2D eigenvalue weighted by molar-refractivity contribution is 0.241. The molecule has 0 N–H and O–H groups in total. The molecule has 0 fully saturated rings. The zero-order chi connectivity index (χ0) is 14.9. The Hall–Kier alpha value is -2.44. The molecule has 1 aromatic heterocycles. The maximum absolute atomic E-state index is 14.0. The Labute approximate surface area is 114 Å². The van der Waals surface area contributed by atoms with Crippen molar-refractivity contribution in [3.05, 3.63) is 51.1 Å².